The standard InChI is InChI=1S/C18H35N3O2/c1-18(2,3)23-17(22)21-16-8-6-4-5-7-15(16)20-13-14-9-11-19-12-10-14/h14-16,19-20H,4-13H2,1-3H3,(H,21,22). The van der Waals surface area contributed by atoms with Gasteiger partial charge in [-0.3, -0.25) is 0 Å². The highest BCUT2D eigenvalue weighted by molar-refractivity contribution is 5.68. The molecule has 0 spiro atoms. The second-order valence-electron chi connectivity index (χ2n) is 8.10. The van der Waals surface area contributed by atoms with Crippen molar-refractivity contribution in [3.05, 3.63) is 0 Å². The zero-order valence-corrected chi connectivity index (χ0v) is 15.1. The number of alkyl carbamates (subject to hydrolysis) is 1. The minimum atomic E-state index is -0.438. The molecule has 1 aliphatic carbocycles. The molecule has 1 aliphatic heterocycles. The fourth-order valence-corrected chi connectivity index (χ4v) is 3.59. The van der Waals surface area contributed by atoms with E-state index in [0.29, 0.717) is 6.04 Å². The van der Waals surface area contributed by atoms with E-state index < -0.39 is 5.60 Å². The van der Waals surface area contributed by atoms with Crippen LogP contribution in [0.15, 0.2) is 0 Å². The van der Waals surface area contributed by atoms with E-state index in [0.717, 1.165) is 38.4 Å². The maximum atomic E-state index is 12.1. The van der Waals surface area contributed by atoms with Crippen LogP contribution in [-0.2, 0) is 4.74 Å². The van der Waals surface area contributed by atoms with Crippen LogP contribution in [-0.4, -0.2) is 43.4 Å². The number of hydrogen-bond acceptors (Lipinski definition) is 4. The lowest BCUT2D eigenvalue weighted by Gasteiger charge is -2.31. The molecule has 1 saturated heterocycles. The molecule has 5 nitrogen and oxygen atoms in total. The quantitative estimate of drug-likeness (QED) is 0.696. The first-order chi connectivity index (χ1) is 10.9. The van der Waals surface area contributed by atoms with Gasteiger partial charge in [-0.25, -0.2) is 4.79 Å². The number of hydrogen-bond donors (Lipinski definition) is 3. The summed E-state index contributed by atoms with van der Waals surface area (Å²) in [6.45, 7) is 9.07. The Kier molecular flexibility index (Phi) is 7.15. The molecule has 1 saturated carbocycles. The monoisotopic (exact) mass is 325 g/mol. The van der Waals surface area contributed by atoms with Gasteiger partial charge in [0, 0.05) is 12.1 Å². The smallest absolute Gasteiger partial charge is 0.407 e. The summed E-state index contributed by atoms with van der Waals surface area (Å²) in [5, 5.41) is 10.3. The normalized spacial score (nSPS) is 27.3. The van der Waals surface area contributed by atoms with Crippen LogP contribution in [0, 0.1) is 5.92 Å². The molecule has 2 fully saturated rings. The number of carbonyl (C=O) groups excluding carboxylic acids is 1. The van der Waals surface area contributed by atoms with Gasteiger partial charge >= 0.3 is 6.09 Å². The molecule has 1 heterocycles. The Labute approximate surface area is 141 Å². The maximum Gasteiger partial charge on any atom is 0.407 e. The van der Waals surface area contributed by atoms with E-state index in [1.165, 1.54) is 32.1 Å². The maximum absolute atomic E-state index is 12.1. The molecule has 23 heavy (non-hydrogen) atoms. The lowest BCUT2D eigenvalue weighted by molar-refractivity contribution is 0.0489. The lowest BCUT2D eigenvalue weighted by Crippen LogP contribution is -2.51. The molecule has 0 aromatic heterocycles. The van der Waals surface area contributed by atoms with Crippen molar-refractivity contribution >= 4 is 6.09 Å². The van der Waals surface area contributed by atoms with Crippen LogP contribution in [0.1, 0.15) is 65.7 Å². The highest BCUT2D eigenvalue weighted by Gasteiger charge is 2.27. The van der Waals surface area contributed by atoms with Gasteiger partial charge in [0.05, 0.1) is 0 Å². The summed E-state index contributed by atoms with van der Waals surface area (Å²) in [6, 6.07) is 0.564. The van der Waals surface area contributed by atoms with Crippen molar-refractivity contribution < 1.29 is 9.53 Å². The molecule has 0 aromatic rings. The van der Waals surface area contributed by atoms with Gasteiger partial charge in [0.1, 0.15) is 5.60 Å². The van der Waals surface area contributed by atoms with Crippen molar-refractivity contribution in [3.8, 4) is 0 Å². The third-order valence-electron chi connectivity index (χ3n) is 4.85. The first-order valence-electron chi connectivity index (χ1n) is 9.37. The Morgan fingerprint density at radius 2 is 1.70 bits per heavy atom. The van der Waals surface area contributed by atoms with E-state index in [-0.39, 0.29) is 12.1 Å². The van der Waals surface area contributed by atoms with E-state index in [1.54, 1.807) is 0 Å². The number of rotatable bonds is 4. The Balaban J connectivity index is 1.84. The third kappa shape index (κ3) is 7.08. The molecule has 3 N–H and O–H groups in total. The van der Waals surface area contributed by atoms with Crippen molar-refractivity contribution in [2.45, 2.75) is 83.4 Å². The number of carbonyl (C=O) groups is 1. The summed E-state index contributed by atoms with van der Waals surface area (Å²) < 4.78 is 5.44. The minimum absolute atomic E-state index is 0.189. The Morgan fingerprint density at radius 1 is 1.04 bits per heavy atom. The number of nitrogens with one attached hydrogen (secondary N) is 3. The van der Waals surface area contributed by atoms with Gasteiger partial charge in [-0.1, -0.05) is 19.3 Å². The molecule has 2 atom stereocenters. The SMILES string of the molecule is CC(C)(C)OC(=O)NC1CCCCCC1NCC1CCNCC1. The molecule has 2 rings (SSSR count). The summed E-state index contributed by atoms with van der Waals surface area (Å²) in [4.78, 5) is 12.1. The van der Waals surface area contributed by atoms with E-state index in [9.17, 15) is 4.79 Å². The van der Waals surface area contributed by atoms with E-state index in [1.807, 2.05) is 20.8 Å². The largest absolute Gasteiger partial charge is 0.444 e. The summed E-state index contributed by atoms with van der Waals surface area (Å²) >= 11 is 0. The number of piperidine rings is 1. The summed E-state index contributed by atoms with van der Waals surface area (Å²) in [6.07, 6.45) is 8.11. The van der Waals surface area contributed by atoms with Crippen LogP contribution in [0.2, 0.25) is 0 Å². The molecule has 2 unspecified atom stereocenters. The predicted molar refractivity (Wildman–Crippen MR) is 93.6 cm³/mol. The molecule has 1 amide bonds. The zero-order chi connectivity index (χ0) is 16.7. The highest BCUT2D eigenvalue weighted by Crippen LogP contribution is 2.20. The molecule has 0 aromatic carbocycles. The van der Waals surface area contributed by atoms with Gasteiger partial charge in [-0.05, 0) is 72.0 Å². The summed E-state index contributed by atoms with van der Waals surface area (Å²) in [5.41, 5.74) is -0.438. The predicted octanol–water partition coefficient (Wildman–Crippen LogP) is 2.80. The van der Waals surface area contributed by atoms with Gasteiger partial charge in [0.25, 0.3) is 0 Å². The fraction of sp³-hybridized carbons (Fsp3) is 0.944. The first kappa shape index (κ1) is 18.5. The average Bonchev–Trinajstić information content (AvgIpc) is 2.69. The Bertz CT molecular complexity index is 362. The minimum Gasteiger partial charge on any atom is -0.444 e. The van der Waals surface area contributed by atoms with Crippen molar-refractivity contribution in [1.82, 2.24) is 16.0 Å². The summed E-state index contributed by atoms with van der Waals surface area (Å²) in [7, 11) is 0. The summed E-state index contributed by atoms with van der Waals surface area (Å²) in [5.74, 6) is 0.765. The van der Waals surface area contributed by atoms with Gasteiger partial charge in [0.2, 0.25) is 0 Å². The molecular weight excluding hydrogens is 290 g/mol. The van der Waals surface area contributed by atoms with Crippen LogP contribution < -0.4 is 16.0 Å². The van der Waals surface area contributed by atoms with Crippen molar-refractivity contribution in [1.29, 1.82) is 0 Å². The Hall–Kier alpha value is -0.810. The van der Waals surface area contributed by atoms with E-state index in [2.05, 4.69) is 16.0 Å². The van der Waals surface area contributed by atoms with E-state index >= 15 is 0 Å². The van der Waals surface area contributed by atoms with Crippen LogP contribution in [0.3, 0.4) is 0 Å². The molecular formula is C18H35N3O2. The second kappa shape index (κ2) is 8.88. The van der Waals surface area contributed by atoms with Gasteiger partial charge in [-0.15, -0.1) is 0 Å². The van der Waals surface area contributed by atoms with Crippen LogP contribution in [0.4, 0.5) is 4.79 Å². The van der Waals surface area contributed by atoms with Gasteiger partial charge in [0.15, 0.2) is 0 Å². The molecule has 2 aliphatic rings. The van der Waals surface area contributed by atoms with Crippen molar-refractivity contribution in [2.75, 3.05) is 19.6 Å². The molecule has 5 heteroatoms. The molecule has 0 bridgehead atoms. The van der Waals surface area contributed by atoms with Crippen molar-refractivity contribution in [2.24, 2.45) is 5.92 Å². The molecule has 134 valence electrons. The average molecular weight is 325 g/mol. The number of amides is 1. The van der Waals surface area contributed by atoms with Crippen molar-refractivity contribution in [3.63, 3.8) is 0 Å². The van der Waals surface area contributed by atoms with E-state index in [4.69, 9.17) is 4.74 Å². The topological polar surface area (TPSA) is 62.4 Å². The van der Waals surface area contributed by atoms with Gasteiger partial charge in [-0.2, -0.15) is 0 Å². The third-order valence-corrected chi connectivity index (χ3v) is 4.85. The van der Waals surface area contributed by atoms with Gasteiger partial charge < -0.3 is 20.7 Å². The second-order valence-corrected chi connectivity index (χ2v) is 8.10. The highest BCUT2D eigenvalue weighted by atomic mass is 16.6. The fourth-order valence-electron chi connectivity index (χ4n) is 3.59. The zero-order valence-electron chi connectivity index (χ0n) is 15.1. The lowest BCUT2D eigenvalue weighted by atomic mass is 9.96. The Morgan fingerprint density at radius 3 is 2.35 bits per heavy atom. The number of ether oxygens (including phenoxy) is 1. The molecule has 0 radical (unpaired) electrons. The van der Waals surface area contributed by atoms with Crippen LogP contribution in [0.25, 0.3) is 0 Å². The first-order valence-corrected chi connectivity index (χ1v) is 9.37. The van der Waals surface area contributed by atoms with Crippen LogP contribution >= 0.6 is 0 Å². The van der Waals surface area contributed by atoms with Crippen LogP contribution in [0.5, 0.6) is 0 Å².